The van der Waals surface area contributed by atoms with Gasteiger partial charge in [0.25, 0.3) is 5.91 Å². The van der Waals surface area contributed by atoms with Crippen molar-refractivity contribution >= 4 is 45.6 Å². The van der Waals surface area contributed by atoms with Gasteiger partial charge in [-0.25, -0.2) is 18.0 Å². The van der Waals surface area contributed by atoms with Gasteiger partial charge in [0.05, 0.1) is 18.3 Å². The molecule has 3 fully saturated rings. The van der Waals surface area contributed by atoms with Crippen LogP contribution in [-0.2, 0) is 47.0 Å². The zero-order valence-electron chi connectivity index (χ0n) is 29.3. The maximum absolute atomic E-state index is 14.3. The van der Waals surface area contributed by atoms with Gasteiger partial charge in [0.1, 0.15) is 29.3 Å². The molecule has 15 nitrogen and oxygen atoms in total. The summed E-state index contributed by atoms with van der Waals surface area (Å²) >= 11 is 0. The van der Waals surface area contributed by atoms with Gasteiger partial charge in [-0.15, -0.1) is 0 Å². The first-order chi connectivity index (χ1) is 24.1. The first kappa shape index (κ1) is 36.5. The van der Waals surface area contributed by atoms with Crippen LogP contribution in [0, 0.1) is 5.92 Å². The molecule has 0 aromatic heterocycles. The van der Waals surface area contributed by atoms with Crippen LogP contribution >= 0.6 is 0 Å². The number of ether oxygens (including phenoxy) is 2. The zero-order chi connectivity index (χ0) is 36.7. The Morgan fingerprint density at radius 2 is 1.82 bits per heavy atom. The van der Waals surface area contributed by atoms with Crippen molar-refractivity contribution in [3.05, 3.63) is 41.5 Å². The number of amides is 5. The van der Waals surface area contributed by atoms with Crippen molar-refractivity contribution in [2.45, 2.75) is 126 Å². The highest BCUT2D eigenvalue weighted by Crippen LogP contribution is 2.46. The lowest BCUT2D eigenvalue weighted by Gasteiger charge is -2.30. The first-order valence-corrected chi connectivity index (χ1v) is 19.3. The number of carbonyl (C=O) groups is 5. The number of sulfonamides is 1. The van der Waals surface area contributed by atoms with Gasteiger partial charge in [0, 0.05) is 24.6 Å². The van der Waals surface area contributed by atoms with Crippen molar-refractivity contribution < 1.29 is 41.9 Å². The molecule has 5 aliphatic rings. The van der Waals surface area contributed by atoms with E-state index < -0.39 is 80.4 Å². The zero-order valence-corrected chi connectivity index (χ0v) is 30.1. The molecule has 278 valence electrons. The smallest absolute Gasteiger partial charge is 0.410 e. The van der Waals surface area contributed by atoms with E-state index in [9.17, 15) is 32.4 Å². The molecule has 3 heterocycles. The average molecular weight is 729 g/mol. The highest BCUT2D eigenvalue weighted by Gasteiger charge is 2.62. The van der Waals surface area contributed by atoms with Crippen molar-refractivity contribution in [1.82, 2.24) is 25.2 Å². The third-order valence-corrected chi connectivity index (χ3v) is 11.9. The van der Waals surface area contributed by atoms with Crippen molar-refractivity contribution in [2.24, 2.45) is 5.92 Å². The summed E-state index contributed by atoms with van der Waals surface area (Å²) in [5.41, 5.74) is 6.06. The monoisotopic (exact) mass is 728 g/mol. The van der Waals surface area contributed by atoms with Gasteiger partial charge < -0.3 is 30.7 Å². The van der Waals surface area contributed by atoms with E-state index in [1.807, 2.05) is 24.3 Å². The minimum Gasteiger partial charge on any atom is -0.444 e. The second-order valence-corrected chi connectivity index (χ2v) is 17.3. The quantitative estimate of drug-likeness (QED) is 0.258. The molecule has 1 aromatic carbocycles. The topological polar surface area (TPSA) is 207 Å². The predicted octanol–water partition coefficient (Wildman–Crippen LogP) is 2.59. The average Bonchev–Trinajstić information content (AvgIpc) is 3.93. The predicted molar refractivity (Wildman–Crippen MR) is 185 cm³/mol. The molecule has 1 saturated heterocycles. The number of nitrogens with one attached hydrogen (secondary N) is 3. The molecule has 5 amide bonds. The summed E-state index contributed by atoms with van der Waals surface area (Å²) in [6.07, 6.45) is 5.52. The molecular formula is C35H48N6O9S. The van der Waals surface area contributed by atoms with E-state index in [0.717, 1.165) is 24.0 Å². The standard InChI is InChI=1S/C35H48N6O9S/c1-34(2,3)50-32(45)37-27-13-8-6-4-5-7-11-22-17-35(22,31(44)39-51(47,48)24-14-15-24)38-29(42)28-16-23(19-41(28)30(27)43)49-33(46)40-18-21-10-9-12-26(36)25(21)20-40/h7,9-12,22-24,27-28H,4-6,8,13-20,36H2,1-3H3,(H,37,45)(H,38,42)(H,39,44)/b11-7+/t22-,23-,27+,28+,35-/m1/s1. The number of allylic oxidation sites excluding steroid dienone is 1. The van der Waals surface area contributed by atoms with Gasteiger partial charge >= 0.3 is 12.2 Å². The van der Waals surface area contributed by atoms with Crippen LogP contribution in [0.25, 0.3) is 0 Å². The molecule has 6 rings (SSSR count). The molecule has 0 spiro atoms. The molecule has 0 bridgehead atoms. The van der Waals surface area contributed by atoms with Crippen molar-refractivity contribution in [1.29, 1.82) is 0 Å². The summed E-state index contributed by atoms with van der Waals surface area (Å²) in [5, 5.41) is 4.85. The van der Waals surface area contributed by atoms with Gasteiger partial charge in [0.15, 0.2) is 0 Å². The summed E-state index contributed by atoms with van der Waals surface area (Å²) in [5.74, 6) is -2.52. The van der Waals surface area contributed by atoms with Crippen LogP contribution in [0.1, 0.15) is 89.7 Å². The molecule has 2 saturated carbocycles. The Morgan fingerprint density at radius 1 is 1.06 bits per heavy atom. The summed E-state index contributed by atoms with van der Waals surface area (Å²) in [7, 11) is -3.90. The Labute approximate surface area is 298 Å². The van der Waals surface area contributed by atoms with E-state index in [-0.39, 0.29) is 38.9 Å². The van der Waals surface area contributed by atoms with Crippen LogP contribution in [0.5, 0.6) is 0 Å². The largest absolute Gasteiger partial charge is 0.444 e. The maximum Gasteiger partial charge on any atom is 0.410 e. The normalized spacial score (nSPS) is 28.9. The van der Waals surface area contributed by atoms with Crippen LogP contribution < -0.4 is 21.1 Å². The second kappa shape index (κ2) is 14.0. The Morgan fingerprint density at radius 3 is 2.53 bits per heavy atom. The number of fused-ring (bicyclic) bond motifs is 3. The molecule has 2 aliphatic carbocycles. The lowest BCUT2D eigenvalue weighted by molar-refractivity contribution is -0.141. The van der Waals surface area contributed by atoms with Crippen LogP contribution in [-0.4, -0.2) is 89.2 Å². The summed E-state index contributed by atoms with van der Waals surface area (Å²) in [6, 6.07) is 3.22. The molecule has 5 N–H and O–H groups in total. The van der Waals surface area contributed by atoms with Crippen molar-refractivity contribution in [3.8, 4) is 0 Å². The SMILES string of the molecule is CC(C)(C)OC(=O)N[C@H]1CCCCC/C=C/[C@@H]2C[C@@]2(C(=O)NS(=O)(=O)C2CC2)NC(=O)[C@@H]2C[C@@H](OC(=O)N3Cc4cccc(N)c4C3)CN2C1=O. The maximum atomic E-state index is 14.3. The van der Waals surface area contributed by atoms with Gasteiger partial charge in [-0.3, -0.25) is 24.0 Å². The number of nitrogens with two attached hydrogens (primary N) is 1. The van der Waals surface area contributed by atoms with Crippen LogP contribution in [0.4, 0.5) is 15.3 Å². The summed E-state index contributed by atoms with van der Waals surface area (Å²) in [4.78, 5) is 71.2. The number of nitrogen functional groups attached to an aromatic ring is 1. The second-order valence-electron chi connectivity index (χ2n) is 15.3. The fraction of sp³-hybridized carbons (Fsp3) is 0.629. The van der Waals surface area contributed by atoms with E-state index in [0.29, 0.717) is 31.4 Å². The van der Waals surface area contributed by atoms with Crippen LogP contribution in [0.2, 0.25) is 0 Å². The van der Waals surface area contributed by atoms with Gasteiger partial charge in [0.2, 0.25) is 21.8 Å². The highest BCUT2D eigenvalue weighted by atomic mass is 32.2. The Hall–Kier alpha value is -4.34. The minimum absolute atomic E-state index is 0.0794. The number of rotatable bonds is 5. The number of anilines is 1. The molecule has 0 radical (unpaired) electrons. The number of nitrogens with zero attached hydrogens (tertiary/aromatic N) is 2. The summed E-state index contributed by atoms with van der Waals surface area (Å²) in [6.45, 7) is 5.51. The molecule has 5 atom stereocenters. The van der Waals surface area contributed by atoms with E-state index in [1.54, 1.807) is 26.8 Å². The summed E-state index contributed by atoms with van der Waals surface area (Å²) < 4.78 is 39.0. The third kappa shape index (κ3) is 8.26. The van der Waals surface area contributed by atoms with Crippen LogP contribution in [0.3, 0.4) is 0 Å². The number of benzene rings is 1. The van der Waals surface area contributed by atoms with E-state index in [2.05, 4.69) is 15.4 Å². The molecular weight excluding hydrogens is 680 g/mol. The Kier molecular flexibility index (Phi) is 10.0. The van der Waals surface area contributed by atoms with Gasteiger partial charge in [-0.2, -0.15) is 0 Å². The Bertz CT molecular complexity index is 1720. The lowest BCUT2D eigenvalue weighted by Crippen LogP contribution is -2.58. The molecule has 3 aliphatic heterocycles. The minimum atomic E-state index is -3.90. The molecule has 51 heavy (non-hydrogen) atoms. The molecule has 16 heteroatoms. The third-order valence-electron chi connectivity index (χ3n) is 10.1. The fourth-order valence-corrected chi connectivity index (χ4v) is 8.46. The van der Waals surface area contributed by atoms with Gasteiger partial charge in [-0.1, -0.05) is 37.1 Å². The Balaban J connectivity index is 1.25. The lowest BCUT2D eigenvalue weighted by atomic mass is 10.0. The highest BCUT2D eigenvalue weighted by molar-refractivity contribution is 7.91. The molecule has 1 aromatic rings. The van der Waals surface area contributed by atoms with Crippen molar-refractivity contribution in [2.75, 3.05) is 12.3 Å². The van der Waals surface area contributed by atoms with Gasteiger partial charge in [-0.05, 0) is 76.5 Å². The van der Waals surface area contributed by atoms with E-state index in [4.69, 9.17) is 15.2 Å². The number of alkyl carbamates (subject to hydrolysis) is 1. The fourth-order valence-electron chi connectivity index (χ4n) is 7.09. The number of hydrogen-bond donors (Lipinski definition) is 4. The first-order valence-electron chi connectivity index (χ1n) is 17.7. The van der Waals surface area contributed by atoms with Crippen molar-refractivity contribution in [3.63, 3.8) is 0 Å². The number of hydrogen-bond acceptors (Lipinski definition) is 10. The van der Waals surface area contributed by atoms with E-state index in [1.165, 1.54) is 9.80 Å². The van der Waals surface area contributed by atoms with Crippen LogP contribution in [0.15, 0.2) is 30.4 Å². The number of carbonyl (C=O) groups excluding carboxylic acids is 5. The molecule has 0 unspecified atom stereocenters. The van der Waals surface area contributed by atoms with E-state index >= 15 is 0 Å².